The summed E-state index contributed by atoms with van der Waals surface area (Å²) in [5, 5.41) is 8.58. The van der Waals surface area contributed by atoms with E-state index in [1.807, 2.05) is 32.9 Å². The Morgan fingerprint density at radius 1 is 1.03 bits per heavy atom. The third-order valence-corrected chi connectivity index (χ3v) is 5.17. The van der Waals surface area contributed by atoms with Gasteiger partial charge in [0.25, 0.3) is 0 Å². The van der Waals surface area contributed by atoms with Crippen LogP contribution in [-0.4, -0.2) is 59.1 Å². The zero-order valence-corrected chi connectivity index (χ0v) is 19.5. The summed E-state index contributed by atoms with van der Waals surface area (Å²) in [6.45, 7) is 12.6. The Morgan fingerprint density at radius 2 is 1.70 bits per heavy atom. The number of nitrogens with zero attached hydrogens (tertiary/aromatic N) is 4. The van der Waals surface area contributed by atoms with Gasteiger partial charge in [-0.2, -0.15) is 0 Å². The number of carbonyl (C=O) groups is 1. The molecule has 7 heteroatoms. The molecular formula is C23H40N4O3. The van der Waals surface area contributed by atoms with Crippen molar-refractivity contribution in [3.63, 3.8) is 0 Å². The number of hydrogen-bond acceptors (Lipinski definition) is 6. The lowest BCUT2D eigenvalue weighted by Crippen LogP contribution is -2.50. The van der Waals surface area contributed by atoms with Gasteiger partial charge < -0.3 is 19.3 Å². The maximum absolute atomic E-state index is 12.2. The summed E-state index contributed by atoms with van der Waals surface area (Å²) in [7, 11) is 0. The fourth-order valence-corrected chi connectivity index (χ4v) is 3.47. The van der Waals surface area contributed by atoms with Gasteiger partial charge in [-0.05, 0) is 46.6 Å². The zero-order chi connectivity index (χ0) is 22.0. The highest BCUT2D eigenvalue weighted by atomic mass is 16.6. The summed E-state index contributed by atoms with van der Waals surface area (Å²) in [4.78, 5) is 16.1. The lowest BCUT2D eigenvalue weighted by atomic mass is 10.1. The number of amides is 1. The van der Waals surface area contributed by atoms with Crippen molar-refractivity contribution in [1.29, 1.82) is 0 Å². The van der Waals surface area contributed by atoms with Crippen molar-refractivity contribution in [1.82, 2.24) is 15.1 Å². The third kappa shape index (κ3) is 8.76. The molecule has 170 valence electrons. The second-order valence-electron chi connectivity index (χ2n) is 9.17. The van der Waals surface area contributed by atoms with Crippen LogP contribution in [0.5, 0.6) is 5.88 Å². The van der Waals surface area contributed by atoms with Gasteiger partial charge >= 0.3 is 6.09 Å². The molecule has 1 aromatic heterocycles. The minimum absolute atomic E-state index is 0.147. The first-order valence-electron chi connectivity index (χ1n) is 11.5. The average Bonchev–Trinajstić information content (AvgIpc) is 2.70. The Kier molecular flexibility index (Phi) is 9.66. The van der Waals surface area contributed by atoms with Crippen molar-refractivity contribution in [2.75, 3.05) is 31.1 Å². The molecule has 1 saturated heterocycles. The molecule has 2 rings (SSSR count). The number of carbonyl (C=O) groups excluding carboxylic acids is 1. The summed E-state index contributed by atoms with van der Waals surface area (Å²) < 4.78 is 11.4. The maximum atomic E-state index is 12.2. The monoisotopic (exact) mass is 420 g/mol. The molecule has 30 heavy (non-hydrogen) atoms. The fourth-order valence-electron chi connectivity index (χ4n) is 3.47. The minimum Gasteiger partial charge on any atom is -0.474 e. The summed E-state index contributed by atoms with van der Waals surface area (Å²) in [5.74, 6) is 1.39. The van der Waals surface area contributed by atoms with E-state index in [-0.39, 0.29) is 12.2 Å². The van der Waals surface area contributed by atoms with Gasteiger partial charge in [0.1, 0.15) is 5.60 Å². The van der Waals surface area contributed by atoms with Gasteiger partial charge in [0.2, 0.25) is 5.88 Å². The van der Waals surface area contributed by atoms with Gasteiger partial charge in [0, 0.05) is 32.2 Å². The standard InChI is InChI=1S/C23H40N4O3/c1-6-7-8-9-10-11-12-19(2)29-21-14-13-20(24-25-21)26-15-17-27(18-16-26)22(28)30-23(3,4)5/h13-14,19H,6-12,15-18H2,1-5H3. The summed E-state index contributed by atoms with van der Waals surface area (Å²) in [6, 6.07) is 3.84. The summed E-state index contributed by atoms with van der Waals surface area (Å²) in [6.07, 6.45) is 8.68. The maximum Gasteiger partial charge on any atom is 0.410 e. The number of ether oxygens (including phenoxy) is 2. The molecule has 1 aliphatic rings. The van der Waals surface area contributed by atoms with E-state index in [0.717, 1.165) is 12.2 Å². The minimum atomic E-state index is -0.471. The van der Waals surface area contributed by atoms with Crippen LogP contribution < -0.4 is 9.64 Å². The fraction of sp³-hybridized carbons (Fsp3) is 0.783. The SMILES string of the molecule is CCCCCCCCC(C)Oc1ccc(N2CCN(C(=O)OC(C)(C)C)CC2)nn1. The van der Waals surface area contributed by atoms with Gasteiger partial charge in [-0.25, -0.2) is 4.79 Å². The number of aromatic nitrogens is 2. The Bertz CT molecular complexity index is 622. The van der Waals surface area contributed by atoms with Crippen LogP contribution in [0.25, 0.3) is 0 Å². The van der Waals surface area contributed by atoms with E-state index < -0.39 is 5.60 Å². The van der Waals surface area contributed by atoms with E-state index in [4.69, 9.17) is 9.47 Å². The van der Waals surface area contributed by atoms with Crippen molar-refractivity contribution >= 4 is 11.9 Å². The first kappa shape index (κ1) is 24.2. The normalized spacial score (nSPS) is 15.8. The van der Waals surface area contributed by atoms with Crippen LogP contribution in [0.3, 0.4) is 0 Å². The molecule has 1 amide bonds. The van der Waals surface area contributed by atoms with E-state index in [1.165, 1.54) is 38.5 Å². The number of anilines is 1. The molecule has 0 radical (unpaired) electrons. The van der Waals surface area contributed by atoms with Crippen LogP contribution in [0.2, 0.25) is 0 Å². The average molecular weight is 421 g/mol. The molecule has 7 nitrogen and oxygen atoms in total. The molecule has 1 atom stereocenters. The zero-order valence-electron chi connectivity index (χ0n) is 19.5. The van der Waals surface area contributed by atoms with E-state index in [2.05, 4.69) is 28.9 Å². The Labute approximate surface area is 182 Å². The molecular weight excluding hydrogens is 380 g/mol. The second kappa shape index (κ2) is 12.0. The molecule has 1 aromatic rings. The molecule has 1 aliphatic heterocycles. The van der Waals surface area contributed by atoms with Crippen LogP contribution in [0.1, 0.15) is 79.6 Å². The van der Waals surface area contributed by atoms with Crippen LogP contribution in [0.15, 0.2) is 12.1 Å². The highest BCUT2D eigenvalue weighted by Gasteiger charge is 2.26. The number of rotatable bonds is 10. The topological polar surface area (TPSA) is 67.8 Å². The quantitative estimate of drug-likeness (QED) is 0.493. The summed E-state index contributed by atoms with van der Waals surface area (Å²) in [5.41, 5.74) is -0.471. The van der Waals surface area contributed by atoms with Crippen LogP contribution in [0.4, 0.5) is 10.6 Å². The molecule has 1 fully saturated rings. The van der Waals surface area contributed by atoms with E-state index in [0.29, 0.717) is 32.1 Å². The summed E-state index contributed by atoms with van der Waals surface area (Å²) >= 11 is 0. The molecule has 0 bridgehead atoms. The predicted octanol–water partition coefficient (Wildman–Crippen LogP) is 5.05. The molecule has 0 N–H and O–H groups in total. The smallest absolute Gasteiger partial charge is 0.410 e. The van der Waals surface area contributed by atoms with Gasteiger partial charge in [0.15, 0.2) is 5.82 Å². The number of piperazine rings is 1. The first-order valence-corrected chi connectivity index (χ1v) is 11.5. The second-order valence-corrected chi connectivity index (χ2v) is 9.17. The Balaban J connectivity index is 1.71. The lowest BCUT2D eigenvalue weighted by Gasteiger charge is -2.35. The molecule has 0 spiro atoms. The molecule has 1 unspecified atom stereocenters. The van der Waals surface area contributed by atoms with Crippen LogP contribution in [-0.2, 0) is 4.74 Å². The third-order valence-electron chi connectivity index (χ3n) is 5.17. The van der Waals surface area contributed by atoms with Crippen LogP contribution in [0, 0.1) is 0 Å². The van der Waals surface area contributed by atoms with Gasteiger partial charge in [0.05, 0.1) is 6.10 Å². The molecule has 2 heterocycles. The lowest BCUT2D eigenvalue weighted by molar-refractivity contribution is 0.0240. The first-order chi connectivity index (χ1) is 14.3. The van der Waals surface area contributed by atoms with E-state index in [9.17, 15) is 4.79 Å². The van der Waals surface area contributed by atoms with Crippen LogP contribution >= 0.6 is 0 Å². The van der Waals surface area contributed by atoms with Crippen molar-refractivity contribution in [3.05, 3.63) is 12.1 Å². The van der Waals surface area contributed by atoms with Gasteiger partial charge in [-0.15, -0.1) is 10.2 Å². The van der Waals surface area contributed by atoms with E-state index in [1.54, 1.807) is 4.90 Å². The predicted molar refractivity (Wildman–Crippen MR) is 120 cm³/mol. The highest BCUT2D eigenvalue weighted by molar-refractivity contribution is 5.68. The van der Waals surface area contributed by atoms with Crippen molar-refractivity contribution in [2.24, 2.45) is 0 Å². The largest absolute Gasteiger partial charge is 0.474 e. The van der Waals surface area contributed by atoms with Crippen molar-refractivity contribution in [2.45, 2.75) is 91.3 Å². The van der Waals surface area contributed by atoms with Crippen molar-refractivity contribution in [3.8, 4) is 5.88 Å². The molecule has 0 saturated carbocycles. The highest BCUT2D eigenvalue weighted by Crippen LogP contribution is 2.18. The molecule has 0 aliphatic carbocycles. The Morgan fingerprint density at radius 3 is 2.30 bits per heavy atom. The Hall–Kier alpha value is -2.05. The van der Waals surface area contributed by atoms with Gasteiger partial charge in [-0.1, -0.05) is 39.0 Å². The molecule has 0 aromatic carbocycles. The van der Waals surface area contributed by atoms with E-state index >= 15 is 0 Å². The van der Waals surface area contributed by atoms with Crippen molar-refractivity contribution < 1.29 is 14.3 Å². The number of hydrogen-bond donors (Lipinski definition) is 0. The number of unbranched alkanes of at least 4 members (excludes halogenated alkanes) is 5. The van der Waals surface area contributed by atoms with Gasteiger partial charge in [-0.3, -0.25) is 0 Å².